The minimum absolute atomic E-state index is 0.156. The number of halogens is 2. The van der Waals surface area contributed by atoms with Gasteiger partial charge < -0.3 is 0 Å². The van der Waals surface area contributed by atoms with Gasteiger partial charge in [0.25, 0.3) is 10.1 Å². The van der Waals surface area contributed by atoms with Crippen molar-refractivity contribution in [2.45, 2.75) is 32.3 Å². The van der Waals surface area contributed by atoms with Crippen LogP contribution in [0.4, 0.5) is 8.78 Å². The fraction of sp³-hybridized carbons (Fsp3) is 0.500. The molecule has 0 heterocycles. The molecule has 1 aromatic carbocycles. The monoisotopic (exact) mass is 276 g/mol. The number of hydrogen-bond donors (Lipinski definition) is 0. The Kier molecular flexibility index (Phi) is 3.68. The standard InChI is InChI=1S/C12H14F2O3S/c1-2-18(15,16)17-12-5-3-4-9-10(12)6-8(13)7-11(9)14/h6-7,12H,2-5H2,1H3. The molecule has 0 aromatic heterocycles. The highest BCUT2D eigenvalue weighted by Crippen LogP contribution is 2.35. The van der Waals surface area contributed by atoms with Crippen LogP contribution in [0.25, 0.3) is 0 Å². The van der Waals surface area contributed by atoms with Gasteiger partial charge >= 0.3 is 0 Å². The van der Waals surface area contributed by atoms with Crippen LogP contribution in [0.5, 0.6) is 0 Å². The topological polar surface area (TPSA) is 43.4 Å². The van der Waals surface area contributed by atoms with Gasteiger partial charge in [-0.1, -0.05) is 0 Å². The Morgan fingerprint density at radius 1 is 1.39 bits per heavy atom. The molecule has 1 unspecified atom stereocenters. The number of benzene rings is 1. The summed E-state index contributed by atoms with van der Waals surface area (Å²) in [5.41, 5.74) is 0.676. The summed E-state index contributed by atoms with van der Waals surface area (Å²) in [6, 6.07) is 1.98. The van der Waals surface area contributed by atoms with Gasteiger partial charge in [-0.3, -0.25) is 4.18 Å². The average Bonchev–Trinajstić information content (AvgIpc) is 2.30. The smallest absolute Gasteiger partial charge is 0.262 e. The van der Waals surface area contributed by atoms with Crippen LogP contribution in [0.1, 0.15) is 37.0 Å². The van der Waals surface area contributed by atoms with Crippen molar-refractivity contribution in [3.63, 3.8) is 0 Å². The van der Waals surface area contributed by atoms with Crippen molar-refractivity contribution in [3.05, 3.63) is 34.9 Å². The van der Waals surface area contributed by atoms with Crippen molar-refractivity contribution in [2.75, 3.05) is 5.75 Å². The van der Waals surface area contributed by atoms with Crippen LogP contribution >= 0.6 is 0 Å². The molecule has 100 valence electrons. The lowest BCUT2D eigenvalue weighted by Crippen LogP contribution is -2.19. The molecule has 0 N–H and O–H groups in total. The second-order valence-corrected chi connectivity index (χ2v) is 6.16. The predicted molar refractivity (Wildman–Crippen MR) is 62.6 cm³/mol. The normalized spacial score (nSPS) is 19.6. The lowest BCUT2D eigenvalue weighted by Gasteiger charge is -2.25. The van der Waals surface area contributed by atoms with E-state index in [9.17, 15) is 17.2 Å². The Bertz CT molecular complexity index is 555. The minimum atomic E-state index is -3.63. The molecule has 0 amide bonds. The average molecular weight is 276 g/mol. The molecular formula is C12H14F2O3S. The molecule has 6 heteroatoms. The highest BCUT2D eigenvalue weighted by atomic mass is 32.2. The summed E-state index contributed by atoms with van der Waals surface area (Å²) in [5.74, 6) is -1.50. The molecule has 0 spiro atoms. The van der Waals surface area contributed by atoms with Crippen LogP contribution in [-0.2, 0) is 20.7 Å². The second-order valence-electron chi connectivity index (χ2n) is 4.28. The van der Waals surface area contributed by atoms with Gasteiger partial charge in [0.1, 0.15) is 17.7 Å². The molecular weight excluding hydrogens is 262 g/mol. The van der Waals surface area contributed by atoms with Crippen LogP contribution in [0.2, 0.25) is 0 Å². The van der Waals surface area contributed by atoms with E-state index >= 15 is 0 Å². The number of fused-ring (bicyclic) bond motifs is 1. The van der Waals surface area contributed by atoms with Crippen LogP contribution in [0.15, 0.2) is 12.1 Å². The minimum Gasteiger partial charge on any atom is -0.262 e. The molecule has 18 heavy (non-hydrogen) atoms. The molecule has 0 bridgehead atoms. The van der Waals surface area contributed by atoms with E-state index in [1.807, 2.05) is 0 Å². The fourth-order valence-corrected chi connectivity index (χ4v) is 2.83. The van der Waals surface area contributed by atoms with Crippen LogP contribution in [-0.4, -0.2) is 14.2 Å². The van der Waals surface area contributed by atoms with E-state index in [4.69, 9.17) is 4.18 Å². The largest absolute Gasteiger partial charge is 0.267 e. The van der Waals surface area contributed by atoms with E-state index in [0.29, 0.717) is 30.4 Å². The van der Waals surface area contributed by atoms with Crippen molar-refractivity contribution in [3.8, 4) is 0 Å². The molecule has 3 nitrogen and oxygen atoms in total. The Labute approximate surface area is 105 Å². The van der Waals surface area contributed by atoms with Gasteiger partial charge in [0.15, 0.2) is 0 Å². The van der Waals surface area contributed by atoms with Gasteiger partial charge in [-0.05, 0) is 43.4 Å². The van der Waals surface area contributed by atoms with Gasteiger partial charge in [0.2, 0.25) is 0 Å². The Hall–Kier alpha value is -1.01. The van der Waals surface area contributed by atoms with Crippen LogP contribution in [0.3, 0.4) is 0 Å². The first-order chi connectivity index (χ1) is 8.43. The van der Waals surface area contributed by atoms with Crippen molar-refractivity contribution in [1.29, 1.82) is 0 Å². The molecule has 1 aliphatic carbocycles. The third-order valence-electron chi connectivity index (χ3n) is 3.05. The quantitative estimate of drug-likeness (QED) is 0.797. The van der Waals surface area contributed by atoms with E-state index in [0.717, 1.165) is 12.1 Å². The summed E-state index contributed by atoms with van der Waals surface area (Å²) in [7, 11) is -3.63. The fourth-order valence-electron chi connectivity index (χ4n) is 2.14. The second kappa shape index (κ2) is 4.93. The molecule has 2 rings (SSSR count). The zero-order valence-electron chi connectivity index (χ0n) is 9.95. The highest BCUT2D eigenvalue weighted by Gasteiger charge is 2.27. The van der Waals surface area contributed by atoms with Gasteiger partial charge in [0, 0.05) is 6.07 Å². The van der Waals surface area contributed by atoms with Crippen molar-refractivity contribution in [1.82, 2.24) is 0 Å². The Morgan fingerprint density at radius 3 is 2.78 bits per heavy atom. The van der Waals surface area contributed by atoms with E-state index in [1.54, 1.807) is 0 Å². The molecule has 1 aromatic rings. The maximum Gasteiger partial charge on any atom is 0.267 e. The van der Waals surface area contributed by atoms with Crippen molar-refractivity contribution >= 4 is 10.1 Å². The summed E-state index contributed by atoms with van der Waals surface area (Å²) < 4.78 is 54.7. The van der Waals surface area contributed by atoms with E-state index < -0.39 is 27.9 Å². The molecule has 0 aliphatic heterocycles. The Morgan fingerprint density at radius 2 is 2.11 bits per heavy atom. The van der Waals surface area contributed by atoms with Gasteiger partial charge in [0.05, 0.1) is 5.75 Å². The first-order valence-electron chi connectivity index (χ1n) is 5.81. The maximum absolute atomic E-state index is 13.6. The molecule has 1 atom stereocenters. The van der Waals surface area contributed by atoms with E-state index in [2.05, 4.69) is 0 Å². The van der Waals surface area contributed by atoms with Gasteiger partial charge in [-0.15, -0.1) is 0 Å². The zero-order valence-corrected chi connectivity index (χ0v) is 10.8. The summed E-state index contributed by atoms with van der Waals surface area (Å²) in [4.78, 5) is 0. The highest BCUT2D eigenvalue weighted by molar-refractivity contribution is 7.86. The third-order valence-corrected chi connectivity index (χ3v) is 4.28. The molecule has 0 saturated carbocycles. The first kappa shape index (κ1) is 13.4. The lowest BCUT2D eigenvalue weighted by atomic mass is 9.89. The molecule has 0 radical (unpaired) electrons. The Balaban J connectivity index is 2.39. The van der Waals surface area contributed by atoms with Crippen LogP contribution < -0.4 is 0 Å². The van der Waals surface area contributed by atoms with Gasteiger partial charge in [-0.2, -0.15) is 8.42 Å². The van der Waals surface area contributed by atoms with Crippen molar-refractivity contribution in [2.24, 2.45) is 0 Å². The summed E-state index contributed by atoms with van der Waals surface area (Å²) >= 11 is 0. The zero-order chi connectivity index (χ0) is 13.3. The molecule has 1 aliphatic rings. The number of hydrogen-bond acceptors (Lipinski definition) is 3. The third kappa shape index (κ3) is 2.70. The molecule has 0 saturated heterocycles. The molecule has 0 fully saturated rings. The lowest BCUT2D eigenvalue weighted by molar-refractivity contribution is 0.189. The predicted octanol–water partition coefficient (Wildman–Crippen LogP) is 2.71. The summed E-state index contributed by atoms with van der Waals surface area (Å²) in [6.07, 6.45) is 0.783. The van der Waals surface area contributed by atoms with Crippen molar-refractivity contribution < 1.29 is 21.4 Å². The first-order valence-corrected chi connectivity index (χ1v) is 7.39. The summed E-state index contributed by atoms with van der Waals surface area (Å²) in [5, 5.41) is 0. The van der Waals surface area contributed by atoms with E-state index in [1.165, 1.54) is 6.92 Å². The van der Waals surface area contributed by atoms with E-state index in [-0.39, 0.29) is 5.75 Å². The maximum atomic E-state index is 13.6. The van der Waals surface area contributed by atoms with Crippen LogP contribution in [0, 0.1) is 11.6 Å². The van der Waals surface area contributed by atoms with Gasteiger partial charge in [-0.25, -0.2) is 8.78 Å². The number of rotatable bonds is 3. The SMILES string of the molecule is CCS(=O)(=O)OC1CCCc2c(F)cc(F)cc21. The summed E-state index contributed by atoms with van der Waals surface area (Å²) in [6.45, 7) is 1.46.